The summed E-state index contributed by atoms with van der Waals surface area (Å²) < 4.78 is 13.6. The summed E-state index contributed by atoms with van der Waals surface area (Å²) in [5.41, 5.74) is 1.08. The van der Waals surface area contributed by atoms with E-state index in [0.29, 0.717) is 28.6 Å². The Kier molecular flexibility index (Phi) is 1.12. The first-order valence-electron chi connectivity index (χ1n) is 7.19. The molecule has 0 aliphatic heterocycles. The van der Waals surface area contributed by atoms with Gasteiger partial charge in [0.05, 0.1) is 0 Å². The molecular weight excluding hydrogens is 279 g/mol. The molecule has 0 N–H and O–H groups in total. The van der Waals surface area contributed by atoms with Gasteiger partial charge in [-0.2, -0.15) is 0 Å². The Hall–Kier alpha value is 0.150. The number of allylic oxidation sites excluding steroid dienone is 2. The fourth-order valence-electron chi connectivity index (χ4n) is 6.86. The molecule has 6 aliphatic rings. The summed E-state index contributed by atoms with van der Waals surface area (Å²) in [5.74, 6) is 3.91. The van der Waals surface area contributed by atoms with Gasteiger partial charge in [-0.3, -0.25) is 0 Å². The van der Waals surface area contributed by atoms with Crippen LogP contribution in [0.3, 0.4) is 0 Å². The van der Waals surface area contributed by atoms with E-state index in [0.717, 1.165) is 17.8 Å². The molecule has 17 heavy (non-hydrogen) atoms. The van der Waals surface area contributed by atoms with Gasteiger partial charge in [0.25, 0.3) is 0 Å². The van der Waals surface area contributed by atoms with Gasteiger partial charge in [0.2, 0.25) is 0 Å². The molecule has 2 spiro atoms. The van der Waals surface area contributed by atoms with Crippen LogP contribution in [0.15, 0.2) is 12.2 Å². The highest BCUT2D eigenvalue weighted by molar-refractivity contribution is 9.10. The van der Waals surface area contributed by atoms with Crippen molar-refractivity contribution in [1.82, 2.24) is 0 Å². The third kappa shape index (κ3) is 0.676. The average Bonchev–Trinajstić information content (AvgIpc) is 3.13. The lowest BCUT2D eigenvalue weighted by Gasteiger charge is -2.31. The van der Waals surface area contributed by atoms with Crippen molar-refractivity contribution in [3.05, 3.63) is 12.2 Å². The van der Waals surface area contributed by atoms with Crippen LogP contribution in [-0.4, -0.2) is 4.58 Å². The topological polar surface area (TPSA) is 0 Å². The van der Waals surface area contributed by atoms with Gasteiger partial charge in [0.15, 0.2) is 4.58 Å². The molecule has 0 aromatic heterocycles. The Morgan fingerprint density at radius 1 is 0.941 bits per heavy atom. The van der Waals surface area contributed by atoms with Crippen LogP contribution < -0.4 is 0 Å². The molecular formula is C15H16BrF. The summed E-state index contributed by atoms with van der Waals surface area (Å²) in [6, 6.07) is 0. The predicted molar refractivity (Wildman–Crippen MR) is 66.2 cm³/mol. The van der Waals surface area contributed by atoms with Gasteiger partial charge in [-0.1, -0.05) is 12.2 Å². The van der Waals surface area contributed by atoms with E-state index < -0.39 is 4.58 Å². The lowest BCUT2D eigenvalue weighted by atomic mass is 9.74. The van der Waals surface area contributed by atoms with Crippen molar-refractivity contribution >= 4 is 15.9 Å². The summed E-state index contributed by atoms with van der Waals surface area (Å²) in [5, 5.41) is 0. The maximum absolute atomic E-state index is 14.6. The van der Waals surface area contributed by atoms with E-state index in [1.54, 1.807) is 0 Å². The number of hydrogen-bond acceptors (Lipinski definition) is 0. The molecule has 7 atom stereocenters. The van der Waals surface area contributed by atoms with Crippen molar-refractivity contribution in [2.24, 2.45) is 46.3 Å². The molecule has 90 valence electrons. The maximum atomic E-state index is 14.6. The smallest absolute Gasteiger partial charge is 0.172 e. The number of hydrogen-bond donors (Lipinski definition) is 0. The molecule has 0 saturated heterocycles. The minimum absolute atomic E-state index is 0.368. The second-order valence-corrected chi connectivity index (χ2v) is 8.90. The van der Waals surface area contributed by atoms with Crippen molar-refractivity contribution < 1.29 is 4.39 Å². The standard InChI is InChI=1S/C15H16BrF/c16-15(17)11-9-7-1-2-8(13(7)3-4-13)10(9)14(5-6-14)12(11)15/h1-2,7-12H,3-6H2/t7-,8+,9-,10-,11-,12+,15-/m1/s1. The zero-order valence-corrected chi connectivity index (χ0v) is 11.3. The van der Waals surface area contributed by atoms with Crippen LogP contribution in [0.2, 0.25) is 0 Å². The first-order valence-corrected chi connectivity index (χ1v) is 7.98. The normalized spacial score (nSPS) is 68.6. The molecule has 0 aromatic carbocycles. The SMILES string of the molecule is F[C@]1(Br)[C@@H]2[C@H]3[C@@H]([C@@H]4C=C[C@H]3C43CC3)C3(CC3)[C@H]21. The summed E-state index contributed by atoms with van der Waals surface area (Å²) in [6.07, 6.45) is 10.5. The number of alkyl halides is 2. The van der Waals surface area contributed by atoms with Crippen LogP contribution in [0.4, 0.5) is 4.39 Å². The van der Waals surface area contributed by atoms with Crippen molar-refractivity contribution in [3.8, 4) is 0 Å². The predicted octanol–water partition coefficient (Wildman–Crippen LogP) is 3.92. The zero-order valence-electron chi connectivity index (χ0n) is 9.70. The molecule has 0 aromatic rings. The molecule has 0 nitrogen and oxygen atoms in total. The molecule has 6 aliphatic carbocycles. The Morgan fingerprint density at radius 3 is 2.24 bits per heavy atom. The number of fused-ring (bicyclic) bond motifs is 7. The second-order valence-electron chi connectivity index (χ2n) is 7.68. The average molecular weight is 295 g/mol. The monoisotopic (exact) mass is 294 g/mol. The largest absolute Gasteiger partial charge is 0.231 e. The van der Waals surface area contributed by atoms with E-state index in [1.807, 2.05) is 0 Å². The van der Waals surface area contributed by atoms with Crippen LogP contribution in [0.5, 0.6) is 0 Å². The molecule has 0 radical (unpaired) electrons. The summed E-state index contributed by atoms with van der Waals surface area (Å²) in [7, 11) is 0. The molecule has 0 heterocycles. The Morgan fingerprint density at radius 2 is 1.59 bits per heavy atom. The number of rotatable bonds is 0. The third-order valence-corrected chi connectivity index (χ3v) is 8.55. The van der Waals surface area contributed by atoms with Gasteiger partial charge in [0.1, 0.15) is 0 Å². The Labute approximate surface area is 109 Å². The highest BCUT2D eigenvalue weighted by atomic mass is 79.9. The molecule has 6 rings (SSSR count). The van der Waals surface area contributed by atoms with Crippen molar-refractivity contribution in [2.45, 2.75) is 30.3 Å². The van der Waals surface area contributed by atoms with Gasteiger partial charge < -0.3 is 0 Å². The molecule has 5 fully saturated rings. The first kappa shape index (κ1) is 9.12. The van der Waals surface area contributed by atoms with E-state index in [9.17, 15) is 4.39 Å². The van der Waals surface area contributed by atoms with Gasteiger partial charge >= 0.3 is 0 Å². The van der Waals surface area contributed by atoms with Crippen LogP contribution in [0.25, 0.3) is 0 Å². The summed E-state index contributed by atoms with van der Waals surface area (Å²) in [4.78, 5) is 0. The van der Waals surface area contributed by atoms with Crippen LogP contribution in [0, 0.1) is 46.3 Å². The molecule has 0 amide bonds. The van der Waals surface area contributed by atoms with Gasteiger partial charge in [-0.05, 0) is 76.1 Å². The maximum Gasteiger partial charge on any atom is 0.172 e. The van der Waals surface area contributed by atoms with Crippen LogP contribution in [0.1, 0.15) is 25.7 Å². The lowest BCUT2D eigenvalue weighted by Crippen LogP contribution is -2.29. The van der Waals surface area contributed by atoms with Gasteiger partial charge in [0, 0.05) is 11.8 Å². The fraction of sp³-hybridized carbons (Fsp3) is 0.867. The fourth-order valence-corrected chi connectivity index (χ4v) is 8.04. The highest BCUT2D eigenvalue weighted by Gasteiger charge is 2.90. The quantitative estimate of drug-likeness (QED) is 0.469. The van der Waals surface area contributed by atoms with Gasteiger partial charge in [-0.15, -0.1) is 0 Å². The van der Waals surface area contributed by atoms with Crippen LogP contribution >= 0.6 is 15.9 Å². The van der Waals surface area contributed by atoms with Crippen molar-refractivity contribution in [3.63, 3.8) is 0 Å². The van der Waals surface area contributed by atoms with E-state index in [1.165, 1.54) is 25.7 Å². The third-order valence-electron chi connectivity index (χ3n) is 7.53. The summed E-state index contributed by atoms with van der Waals surface area (Å²) in [6.45, 7) is 0. The molecule has 0 unspecified atom stereocenters. The van der Waals surface area contributed by atoms with E-state index in [4.69, 9.17) is 0 Å². The minimum atomic E-state index is -0.973. The lowest BCUT2D eigenvalue weighted by molar-refractivity contribution is 0.165. The second kappa shape index (κ2) is 2.09. The zero-order chi connectivity index (χ0) is 11.2. The summed E-state index contributed by atoms with van der Waals surface area (Å²) >= 11 is 3.42. The first-order chi connectivity index (χ1) is 8.13. The van der Waals surface area contributed by atoms with Crippen molar-refractivity contribution in [1.29, 1.82) is 0 Å². The highest BCUT2D eigenvalue weighted by Crippen LogP contribution is 2.92. The number of halogens is 2. The molecule has 2 heteroatoms. The Bertz CT molecular complexity index is 485. The van der Waals surface area contributed by atoms with E-state index in [2.05, 4.69) is 28.1 Å². The molecule has 5 saturated carbocycles. The van der Waals surface area contributed by atoms with Gasteiger partial charge in [-0.25, -0.2) is 4.39 Å². The van der Waals surface area contributed by atoms with Crippen molar-refractivity contribution in [2.75, 3.05) is 0 Å². The molecule has 2 bridgehead atoms. The van der Waals surface area contributed by atoms with E-state index >= 15 is 0 Å². The van der Waals surface area contributed by atoms with E-state index in [-0.39, 0.29) is 0 Å². The Balaban J connectivity index is 1.57. The van der Waals surface area contributed by atoms with Crippen LogP contribution in [-0.2, 0) is 0 Å². The minimum Gasteiger partial charge on any atom is -0.231 e.